The van der Waals surface area contributed by atoms with E-state index in [1.807, 2.05) is 33.1 Å². The summed E-state index contributed by atoms with van der Waals surface area (Å²) in [6.45, 7) is 17.6. The Morgan fingerprint density at radius 3 is 1.95 bits per heavy atom. The molecule has 1 aromatic rings. The van der Waals surface area contributed by atoms with E-state index in [9.17, 15) is 38.7 Å². The lowest BCUT2D eigenvalue weighted by atomic mass is 9.85. The van der Waals surface area contributed by atoms with Gasteiger partial charge in [0.2, 0.25) is 35.4 Å². The summed E-state index contributed by atoms with van der Waals surface area (Å²) in [6.07, 6.45) is 1.47. The number of benzene rings is 1. The number of thioether (sulfide) groups is 2. The minimum Gasteiger partial charge on any atom is -0.381 e. The standard InChI is InChI=1S/C41H67N7O8S2/c1-12-23(3)29(43-25(5)49)36(53)46-30(24(4)13-2)35(52)45-28(21-26-17-15-14-16-18-26)31(50)39(56)48-22-58-41(9,10)33(48)38(55)47-32(40(6,7)8)37(54)44-27(34(42)51)19-20-57-11/h14-18,23-24,27-33,50H,12-13,19-22H2,1-11H3,(H2,42,51)(H,43,49)(H,44,54)(H,45,52)(H,46,53)(H,47,55)/t23-,24-,27-,28-,29-,30-,31-,32+,33-/m0/s1. The number of nitrogens with one attached hydrogen (secondary N) is 5. The average Bonchev–Trinajstić information content (AvgIpc) is 3.48. The van der Waals surface area contributed by atoms with Crippen molar-refractivity contribution >= 4 is 64.9 Å². The first-order valence-corrected chi connectivity index (χ1v) is 22.3. The van der Waals surface area contributed by atoms with Gasteiger partial charge in [0.25, 0.3) is 5.91 Å². The van der Waals surface area contributed by atoms with Gasteiger partial charge < -0.3 is 42.3 Å². The fraction of sp³-hybridized carbons (Fsp3) is 0.683. The highest BCUT2D eigenvalue weighted by Gasteiger charge is 2.51. The van der Waals surface area contributed by atoms with Gasteiger partial charge in [0.1, 0.15) is 30.2 Å². The molecule has 1 saturated heterocycles. The lowest BCUT2D eigenvalue weighted by Gasteiger charge is -2.37. The summed E-state index contributed by atoms with van der Waals surface area (Å²) in [7, 11) is 0. The molecule has 1 fully saturated rings. The minimum absolute atomic E-state index is 0.0312. The Morgan fingerprint density at radius 2 is 1.45 bits per heavy atom. The minimum atomic E-state index is -1.83. The third kappa shape index (κ3) is 14.2. The van der Waals surface area contributed by atoms with Gasteiger partial charge in [-0.2, -0.15) is 11.8 Å². The van der Waals surface area contributed by atoms with Crippen LogP contribution < -0.4 is 32.3 Å². The van der Waals surface area contributed by atoms with Gasteiger partial charge in [-0.1, -0.05) is 91.6 Å². The number of primary amides is 1. The first-order chi connectivity index (χ1) is 27.0. The summed E-state index contributed by atoms with van der Waals surface area (Å²) in [6, 6.07) is 2.61. The molecule has 9 atom stereocenters. The van der Waals surface area contributed by atoms with Crippen LogP contribution in [0.15, 0.2) is 30.3 Å². The number of amides is 7. The first kappa shape index (κ1) is 50.3. The number of nitrogens with two attached hydrogens (primary N) is 1. The number of hydrogen-bond donors (Lipinski definition) is 7. The largest absolute Gasteiger partial charge is 0.381 e. The topological polar surface area (TPSA) is 229 Å². The fourth-order valence-electron chi connectivity index (χ4n) is 6.68. The van der Waals surface area contributed by atoms with E-state index in [1.165, 1.54) is 35.3 Å². The highest BCUT2D eigenvalue weighted by atomic mass is 32.2. The number of aliphatic hydroxyl groups excluding tert-OH is 1. The van der Waals surface area contributed by atoms with Gasteiger partial charge in [0.15, 0.2) is 6.10 Å². The highest BCUT2D eigenvalue weighted by molar-refractivity contribution is 8.00. The maximum Gasteiger partial charge on any atom is 0.254 e. The molecule has 0 aliphatic carbocycles. The molecule has 58 heavy (non-hydrogen) atoms. The Bertz CT molecular complexity index is 1590. The van der Waals surface area contributed by atoms with Crippen LogP contribution in [-0.2, 0) is 40.0 Å². The van der Waals surface area contributed by atoms with Crippen LogP contribution in [0.3, 0.4) is 0 Å². The molecule has 7 amide bonds. The Labute approximate surface area is 352 Å². The van der Waals surface area contributed by atoms with Crippen molar-refractivity contribution in [3.8, 4) is 0 Å². The Balaban J connectivity index is 2.47. The molecule has 0 saturated carbocycles. The molecule has 0 spiro atoms. The lowest BCUT2D eigenvalue weighted by Crippen LogP contribution is -2.64. The van der Waals surface area contributed by atoms with Crippen molar-refractivity contribution in [1.29, 1.82) is 0 Å². The SMILES string of the molecule is CC[C@H](C)[C@H](NC(C)=O)C(=O)N[C@H](C(=O)N[C@@H](Cc1ccccc1)[C@H](O)C(=O)N1CSC(C)(C)[C@@H]1C(=O)N[C@H](C(=O)N[C@@H](CCSC)C(N)=O)C(C)(C)C)[C@@H](C)CC. The number of aliphatic hydroxyl groups is 1. The summed E-state index contributed by atoms with van der Waals surface area (Å²) in [4.78, 5) is 95.5. The number of rotatable bonds is 21. The second kappa shape index (κ2) is 22.5. The fourth-order valence-corrected chi connectivity index (χ4v) is 8.29. The second-order valence-corrected chi connectivity index (χ2v) is 19.4. The third-order valence-electron chi connectivity index (χ3n) is 10.7. The van der Waals surface area contributed by atoms with Crippen LogP contribution in [0.25, 0.3) is 0 Å². The zero-order valence-electron chi connectivity index (χ0n) is 36.0. The van der Waals surface area contributed by atoms with E-state index in [4.69, 9.17) is 5.73 Å². The summed E-state index contributed by atoms with van der Waals surface area (Å²) in [5.41, 5.74) is 5.46. The van der Waals surface area contributed by atoms with Crippen molar-refractivity contribution in [3.63, 3.8) is 0 Å². The summed E-state index contributed by atoms with van der Waals surface area (Å²) in [5.74, 6) is -4.29. The van der Waals surface area contributed by atoms with Gasteiger partial charge >= 0.3 is 0 Å². The van der Waals surface area contributed by atoms with Gasteiger partial charge in [0.05, 0.1) is 11.9 Å². The van der Waals surface area contributed by atoms with E-state index in [0.29, 0.717) is 30.6 Å². The van der Waals surface area contributed by atoms with Gasteiger partial charge in [-0.05, 0) is 61.5 Å². The van der Waals surface area contributed by atoms with Crippen molar-refractivity contribution in [2.45, 2.75) is 142 Å². The molecule has 0 radical (unpaired) electrons. The predicted molar refractivity (Wildman–Crippen MR) is 229 cm³/mol. The number of hydrogen-bond acceptors (Lipinski definition) is 10. The van der Waals surface area contributed by atoms with E-state index in [1.54, 1.807) is 65.8 Å². The molecule has 0 unspecified atom stereocenters. The Kier molecular flexibility index (Phi) is 19.5. The Morgan fingerprint density at radius 1 is 0.897 bits per heavy atom. The zero-order chi connectivity index (χ0) is 44.1. The van der Waals surface area contributed by atoms with E-state index >= 15 is 0 Å². The monoisotopic (exact) mass is 849 g/mol. The molecule has 1 aliphatic heterocycles. The normalized spacial score (nSPS) is 19.2. The highest BCUT2D eigenvalue weighted by Crippen LogP contribution is 2.40. The van der Waals surface area contributed by atoms with Gasteiger partial charge in [-0.25, -0.2) is 0 Å². The van der Waals surface area contributed by atoms with E-state index in [2.05, 4.69) is 26.6 Å². The van der Waals surface area contributed by atoms with Crippen LogP contribution in [0.1, 0.15) is 94.1 Å². The van der Waals surface area contributed by atoms with Crippen molar-refractivity contribution in [2.75, 3.05) is 17.9 Å². The van der Waals surface area contributed by atoms with Crippen molar-refractivity contribution in [2.24, 2.45) is 23.0 Å². The molecule has 326 valence electrons. The van der Waals surface area contributed by atoms with Crippen molar-refractivity contribution in [1.82, 2.24) is 31.5 Å². The molecule has 1 aliphatic rings. The molecule has 2 rings (SSSR count). The van der Waals surface area contributed by atoms with Gasteiger partial charge in [-0.3, -0.25) is 33.6 Å². The van der Waals surface area contributed by atoms with Crippen molar-refractivity contribution < 1.29 is 38.7 Å². The first-order valence-electron chi connectivity index (χ1n) is 19.9. The third-order valence-corrected chi connectivity index (χ3v) is 12.7. The van der Waals surface area contributed by atoms with Crippen LogP contribution in [0, 0.1) is 17.3 Å². The number of carbonyl (C=O) groups excluding carboxylic acids is 7. The molecular formula is C41H67N7O8S2. The maximum absolute atomic E-state index is 14.4. The quantitative estimate of drug-likeness (QED) is 0.0953. The van der Waals surface area contributed by atoms with E-state index in [0.717, 1.165) is 0 Å². The second-order valence-electron chi connectivity index (χ2n) is 16.8. The summed E-state index contributed by atoms with van der Waals surface area (Å²) in [5, 5.41) is 25.8. The molecule has 15 nitrogen and oxygen atoms in total. The predicted octanol–water partition coefficient (Wildman–Crippen LogP) is 2.09. The van der Waals surface area contributed by atoms with Crippen LogP contribution in [-0.4, -0.2) is 116 Å². The van der Waals surface area contributed by atoms with E-state index in [-0.39, 0.29) is 30.0 Å². The molecular weight excluding hydrogens is 783 g/mol. The number of nitrogens with zero attached hydrogens (tertiary/aromatic N) is 1. The summed E-state index contributed by atoms with van der Waals surface area (Å²) >= 11 is 2.81. The number of carbonyl (C=O) groups is 7. The van der Waals surface area contributed by atoms with Crippen LogP contribution in [0.2, 0.25) is 0 Å². The van der Waals surface area contributed by atoms with Crippen LogP contribution in [0.5, 0.6) is 0 Å². The van der Waals surface area contributed by atoms with Gasteiger partial charge in [0, 0.05) is 11.7 Å². The smallest absolute Gasteiger partial charge is 0.254 e. The maximum atomic E-state index is 14.4. The van der Waals surface area contributed by atoms with Crippen LogP contribution in [0.4, 0.5) is 0 Å². The van der Waals surface area contributed by atoms with Gasteiger partial charge in [-0.15, -0.1) is 11.8 Å². The average molecular weight is 850 g/mol. The lowest BCUT2D eigenvalue weighted by molar-refractivity contribution is -0.148. The van der Waals surface area contributed by atoms with Crippen LogP contribution >= 0.6 is 23.5 Å². The zero-order valence-corrected chi connectivity index (χ0v) is 37.6. The van der Waals surface area contributed by atoms with Crippen molar-refractivity contribution in [3.05, 3.63) is 35.9 Å². The molecule has 0 aromatic heterocycles. The molecule has 1 heterocycles. The molecule has 0 bridgehead atoms. The molecule has 8 N–H and O–H groups in total. The summed E-state index contributed by atoms with van der Waals surface area (Å²) < 4.78 is -0.864. The molecule has 17 heteroatoms. The molecule has 1 aromatic carbocycles. The van der Waals surface area contributed by atoms with E-state index < -0.39 is 88.0 Å². The Hall–Kier alpha value is -3.83.